The van der Waals surface area contributed by atoms with E-state index in [4.69, 9.17) is 9.47 Å². The van der Waals surface area contributed by atoms with Crippen LogP contribution in [0.15, 0.2) is 24.3 Å². The molecule has 0 fully saturated rings. The zero-order chi connectivity index (χ0) is 21.6. The Balaban J connectivity index is 1.91. The molecule has 9 heteroatoms. The van der Waals surface area contributed by atoms with Crippen LogP contribution in [-0.4, -0.2) is 52.1 Å². The van der Waals surface area contributed by atoms with Crippen molar-refractivity contribution in [3.8, 4) is 5.75 Å². The molecule has 0 aliphatic carbocycles. The van der Waals surface area contributed by atoms with E-state index in [2.05, 4.69) is 10.6 Å². The number of thiophene rings is 1. The molecule has 1 aromatic heterocycles. The maximum Gasteiger partial charge on any atom is 0.341 e. The molecule has 1 heterocycles. The van der Waals surface area contributed by atoms with Gasteiger partial charge >= 0.3 is 5.97 Å². The van der Waals surface area contributed by atoms with Crippen LogP contribution in [0.25, 0.3) is 0 Å². The summed E-state index contributed by atoms with van der Waals surface area (Å²) >= 11 is 1.33. The van der Waals surface area contributed by atoms with Crippen molar-refractivity contribution in [2.75, 3.05) is 45.0 Å². The average Bonchev–Trinajstić information content (AvgIpc) is 2.94. The van der Waals surface area contributed by atoms with E-state index in [1.807, 2.05) is 13.8 Å². The number of nitrogens with one attached hydrogen (secondary N) is 3. The number of amides is 2. The lowest BCUT2D eigenvalue weighted by atomic mass is 10.1. The van der Waals surface area contributed by atoms with E-state index < -0.39 is 5.97 Å². The largest absolute Gasteiger partial charge is 0.497 e. The van der Waals surface area contributed by atoms with E-state index in [-0.39, 0.29) is 24.9 Å². The van der Waals surface area contributed by atoms with Crippen LogP contribution in [0.3, 0.4) is 0 Å². The van der Waals surface area contributed by atoms with Crippen LogP contribution in [-0.2, 0) is 14.3 Å². The Morgan fingerprint density at radius 2 is 1.59 bits per heavy atom. The van der Waals surface area contributed by atoms with Gasteiger partial charge in [-0.1, -0.05) is 0 Å². The molecule has 0 aliphatic rings. The molecule has 156 valence electrons. The van der Waals surface area contributed by atoms with Gasteiger partial charge in [0.05, 0.1) is 26.8 Å². The predicted octanol–water partition coefficient (Wildman–Crippen LogP) is 1.25. The number of carbonyl (C=O) groups is 3. The number of ether oxygens (including phenoxy) is 2. The monoisotopic (exact) mass is 420 g/mol. The second kappa shape index (κ2) is 10.0. The summed E-state index contributed by atoms with van der Waals surface area (Å²) in [6.07, 6.45) is 0. The lowest BCUT2D eigenvalue weighted by Gasteiger charge is -2.14. The number of methoxy groups -OCH3 is 2. The smallest absolute Gasteiger partial charge is 0.341 e. The van der Waals surface area contributed by atoms with Crippen molar-refractivity contribution >= 4 is 39.8 Å². The maximum atomic E-state index is 12.4. The summed E-state index contributed by atoms with van der Waals surface area (Å²) < 4.78 is 9.89. The molecule has 8 nitrogen and oxygen atoms in total. The highest BCUT2D eigenvalue weighted by Crippen LogP contribution is 2.32. The normalized spacial score (nSPS) is 11.5. The van der Waals surface area contributed by atoms with Crippen molar-refractivity contribution in [1.82, 2.24) is 0 Å². The van der Waals surface area contributed by atoms with Crippen LogP contribution >= 0.6 is 11.3 Å². The SMILES string of the molecule is COC(=O)c1c(NC(=O)C[NH+](C)CC(=O)Nc2ccc(OC)cc2)sc(C)c1C. The standard InChI is InChI=1S/C20H25N3O5S/c1-12-13(2)29-19(18(12)20(26)28-5)22-17(25)11-23(3)10-16(24)21-14-6-8-15(27-4)9-7-14/h6-9H,10-11H2,1-5H3,(H,21,24)(H,22,25)/p+1. The highest BCUT2D eigenvalue weighted by molar-refractivity contribution is 7.16. The molecule has 3 N–H and O–H groups in total. The van der Waals surface area contributed by atoms with Gasteiger partial charge in [0.2, 0.25) is 0 Å². The molecule has 0 spiro atoms. The van der Waals surface area contributed by atoms with Gasteiger partial charge in [0.25, 0.3) is 11.8 Å². The van der Waals surface area contributed by atoms with Crippen LogP contribution in [0.1, 0.15) is 20.8 Å². The predicted molar refractivity (Wildman–Crippen MR) is 112 cm³/mol. The quantitative estimate of drug-likeness (QED) is 0.559. The molecular weight excluding hydrogens is 394 g/mol. The molecule has 2 rings (SSSR count). The third-order valence-electron chi connectivity index (χ3n) is 4.33. The first-order valence-corrected chi connectivity index (χ1v) is 9.80. The Kier molecular flexibility index (Phi) is 7.74. The van der Waals surface area contributed by atoms with Gasteiger partial charge in [-0.2, -0.15) is 0 Å². The summed E-state index contributed by atoms with van der Waals surface area (Å²) in [5.41, 5.74) is 1.82. The molecule has 0 radical (unpaired) electrons. The summed E-state index contributed by atoms with van der Waals surface area (Å²) in [6.45, 7) is 3.88. The molecule has 2 amide bonds. The van der Waals surface area contributed by atoms with E-state index in [0.29, 0.717) is 26.9 Å². The van der Waals surface area contributed by atoms with Gasteiger partial charge in [0.15, 0.2) is 13.1 Å². The first kappa shape index (κ1) is 22.4. The van der Waals surface area contributed by atoms with Gasteiger partial charge < -0.3 is 25.0 Å². The van der Waals surface area contributed by atoms with Crippen molar-refractivity contribution in [2.45, 2.75) is 13.8 Å². The van der Waals surface area contributed by atoms with Gasteiger partial charge in [0.1, 0.15) is 10.8 Å². The third kappa shape index (κ3) is 6.03. The topological polar surface area (TPSA) is 98.2 Å². The van der Waals surface area contributed by atoms with Crippen LogP contribution in [0.2, 0.25) is 0 Å². The average molecular weight is 421 g/mol. The van der Waals surface area contributed by atoms with Crippen LogP contribution < -0.4 is 20.3 Å². The van der Waals surface area contributed by atoms with Crippen molar-refractivity contribution in [2.24, 2.45) is 0 Å². The second-order valence-electron chi connectivity index (χ2n) is 6.61. The fourth-order valence-electron chi connectivity index (χ4n) is 2.72. The van der Waals surface area contributed by atoms with Gasteiger partial charge in [0, 0.05) is 10.6 Å². The molecule has 29 heavy (non-hydrogen) atoms. The fourth-order valence-corrected chi connectivity index (χ4v) is 3.79. The third-order valence-corrected chi connectivity index (χ3v) is 5.45. The van der Waals surface area contributed by atoms with E-state index in [0.717, 1.165) is 10.4 Å². The number of benzene rings is 1. The molecule has 0 saturated heterocycles. The minimum absolute atomic E-state index is 0.0760. The van der Waals surface area contributed by atoms with E-state index in [1.54, 1.807) is 38.4 Å². The van der Waals surface area contributed by atoms with Crippen LogP contribution in [0.5, 0.6) is 5.75 Å². The van der Waals surface area contributed by atoms with Crippen molar-refractivity contribution in [1.29, 1.82) is 0 Å². The summed E-state index contributed by atoms with van der Waals surface area (Å²) in [6, 6.07) is 7.00. The Bertz CT molecular complexity index is 892. The molecular formula is C20H26N3O5S+. The number of aryl methyl sites for hydroxylation is 1. The van der Waals surface area contributed by atoms with E-state index >= 15 is 0 Å². The Hall–Kier alpha value is -2.91. The molecule has 0 aliphatic heterocycles. The fraction of sp³-hybridized carbons (Fsp3) is 0.350. The number of hydrogen-bond acceptors (Lipinski definition) is 6. The first-order chi connectivity index (χ1) is 13.7. The number of esters is 1. The first-order valence-electron chi connectivity index (χ1n) is 8.98. The minimum Gasteiger partial charge on any atom is -0.497 e. The van der Waals surface area contributed by atoms with E-state index in [9.17, 15) is 14.4 Å². The zero-order valence-corrected chi connectivity index (χ0v) is 18.0. The molecule has 1 aromatic carbocycles. The minimum atomic E-state index is -0.485. The Morgan fingerprint density at radius 1 is 1.00 bits per heavy atom. The summed E-state index contributed by atoms with van der Waals surface area (Å²) in [7, 11) is 4.63. The number of quaternary nitrogens is 1. The highest BCUT2D eigenvalue weighted by atomic mass is 32.1. The maximum absolute atomic E-state index is 12.4. The van der Waals surface area contributed by atoms with Crippen LogP contribution in [0, 0.1) is 13.8 Å². The Morgan fingerprint density at radius 3 is 2.14 bits per heavy atom. The van der Waals surface area contributed by atoms with Crippen molar-refractivity contribution in [3.63, 3.8) is 0 Å². The van der Waals surface area contributed by atoms with Crippen LogP contribution in [0.4, 0.5) is 10.7 Å². The molecule has 1 unspecified atom stereocenters. The molecule has 1 atom stereocenters. The van der Waals surface area contributed by atoms with Gasteiger partial charge in [-0.3, -0.25) is 9.59 Å². The van der Waals surface area contributed by atoms with Crippen molar-refractivity contribution in [3.05, 3.63) is 40.3 Å². The number of rotatable bonds is 8. The zero-order valence-electron chi connectivity index (χ0n) is 17.2. The number of likely N-dealkylation sites (N-methyl/N-ethyl adjacent to an activating group) is 1. The van der Waals surface area contributed by atoms with E-state index in [1.165, 1.54) is 18.4 Å². The molecule has 0 bridgehead atoms. The molecule has 0 saturated carbocycles. The number of hydrogen-bond donors (Lipinski definition) is 3. The number of anilines is 2. The lowest BCUT2D eigenvalue weighted by Crippen LogP contribution is -3.11. The molecule has 2 aromatic rings. The van der Waals surface area contributed by atoms with Gasteiger partial charge in [-0.05, 0) is 43.7 Å². The summed E-state index contributed by atoms with van der Waals surface area (Å²) in [5.74, 6) is -0.279. The summed E-state index contributed by atoms with van der Waals surface area (Å²) in [5, 5.41) is 6.01. The van der Waals surface area contributed by atoms with Crippen molar-refractivity contribution < 1.29 is 28.8 Å². The number of carbonyl (C=O) groups excluding carboxylic acids is 3. The summed E-state index contributed by atoms with van der Waals surface area (Å²) in [4.78, 5) is 38.2. The Labute approximate surface area is 173 Å². The van der Waals surface area contributed by atoms with Gasteiger partial charge in [-0.25, -0.2) is 4.79 Å². The lowest BCUT2D eigenvalue weighted by molar-refractivity contribution is -0.862. The highest BCUT2D eigenvalue weighted by Gasteiger charge is 2.23. The second-order valence-corrected chi connectivity index (χ2v) is 7.84. The van der Waals surface area contributed by atoms with Gasteiger partial charge in [-0.15, -0.1) is 11.3 Å².